The van der Waals surface area contributed by atoms with Gasteiger partial charge in [0.25, 0.3) is 5.91 Å². The molecular formula is C28H26N2O2S. The average molecular weight is 455 g/mol. The van der Waals surface area contributed by atoms with Crippen LogP contribution in [0.3, 0.4) is 0 Å². The Labute approximate surface area is 198 Å². The van der Waals surface area contributed by atoms with Crippen LogP contribution in [-0.4, -0.2) is 17.1 Å². The third-order valence-corrected chi connectivity index (χ3v) is 6.69. The molecule has 2 amide bonds. The summed E-state index contributed by atoms with van der Waals surface area (Å²) in [7, 11) is 0. The van der Waals surface area contributed by atoms with Crippen LogP contribution in [0.1, 0.15) is 28.4 Å². The number of aryl methyl sites for hydroxylation is 2. The Morgan fingerprint density at radius 2 is 1.42 bits per heavy atom. The molecule has 0 radical (unpaired) electrons. The van der Waals surface area contributed by atoms with E-state index in [4.69, 9.17) is 0 Å². The summed E-state index contributed by atoms with van der Waals surface area (Å²) in [6.45, 7) is 5.97. The number of fused-ring (bicyclic) bond motifs is 1. The second-order valence-corrected chi connectivity index (χ2v) is 9.50. The van der Waals surface area contributed by atoms with Crippen molar-refractivity contribution >= 4 is 45.7 Å². The standard InChI is InChI=1S/C28H26N2O2S/c1-18-8-11-25(16-19(18)2)30-27(31)20(3)33-26-14-12-24(13-15-26)29-28(32)23-10-9-21-6-4-5-7-22(21)17-23/h4-17,20H,1-3H3,(H,29,32)(H,30,31). The predicted molar refractivity (Wildman–Crippen MR) is 138 cm³/mol. The number of carbonyl (C=O) groups excluding carboxylic acids is 2. The van der Waals surface area contributed by atoms with Crippen LogP contribution in [0.5, 0.6) is 0 Å². The molecule has 4 aromatic rings. The summed E-state index contributed by atoms with van der Waals surface area (Å²) in [6.07, 6.45) is 0. The van der Waals surface area contributed by atoms with Crippen molar-refractivity contribution in [2.75, 3.05) is 10.6 Å². The van der Waals surface area contributed by atoms with Crippen molar-refractivity contribution in [3.8, 4) is 0 Å². The van der Waals surface area contributed by atoms with Gasteiger partial charge in [-0.25, -0.2) is 0 Å². The van der Waals surface area contributed by atoms with Crippen LogP contribution in [0.2, 0.25) is 0 Å². The number of nitrogens with one attached hydrogen (secondary N) is 2. The first-order valence-electron chi connectivity index (χ1n) is 10.8. The van der Waals surface area contributed by atoms with Gasteiger partial charge in [-0.05, 0) is 91.2 Å². The minimum Gasteiger partial charge on any atom is -0.325 e. The fraction of sp³-hybridized carbons (Fsp3) is 0.143. The number of rotatable bonds is 6. The normalized spacial score (nSPS) is 11.7. The number of thioether (sulfide) groups is 1. The summed E-state index contributed by atoms with van der Waals surface area (Å²) >= 11 is 1.48. The highest BCUT2D eigenvalue weighted by molar-refractivity contribution is 8.00. The molecule has 0 aromatic heterocycles. The van der Waals surface area contributed by atoms with Crippen molar-refractivity contribution in [1.82, 2.24) is 0 Å². The lowest BCUT2D eigenvalue weighted by atomic mass is 10.1. The third-order valence-electron chi connectivity index (χ3n) is 5.58. The SMILES string of the molecule is Cc1ccc(NC(=O)C(C)Sc2ccc(NC(=O)c3ccc4ccccc4c3)cc2)cc1C. The Hall–Kier alpha value is -3.57. The molecule has 1 unspecified atom stereocenters. The van der Waals surface area contributed by atoms with Crippen LogP contribution in [-0.2, 0) is 4.79 Å². The Kier molecular flexibility index (Phi) is 6.80. The molecule has 4 nitrogen and oxygen atoms in total. The highest BCUT2D eigenvalue weighted by Gasteiger charge is 2.15. The van der Waals surface area contributed by atoms with Gasteiger partial charge in [-0.1, -0.05) is 36.4 Å². The Balaban J connectivity index is 1.35. The maximum absolute atomic E-state index is 12.7. The average Bonchev–Trinajstić information content (AvgIpc) is 2.82. The summed E-state index contributed by atoms with van der Waals surface area (Å²) in [6, 6.07) is 27.1. The fourth-order valence-corrected chi connectivity index (χ4v) is 4.34. The monoisotopic (exact) mass is 454 g/mol. The fourth-order valence-electron chi connectivity index (χ4n) is 3.47. The van der Waals surface area contributed by atoms with Gasteiger partial charge in [0, 0.05) is 21.8 Å². The quantitative estimate of drug-likeness (QED) is 0.314. The molecular weight excluding hydrogens is 428 g/mol. The molecule has 0 fully saturated rings. The molecule has 4 rings (SSSR count). The van der Waals surface area contributed by atoms with Gasteiger partial charge in [0.2, 0.25) is 5.91 Å². The van der Waals surface area contributed by atoms with E-state index in [1.807, 2.05) is 106 Å². The molecule has 4 aromatic carbocycles. The minimum atomic E-state index is -0.260. The highest BCUT2D eigenvalue weighted by atomic mass is 32.2. The maximum atomic E-state index is 12.7. The summed E-state index contributed by atoms with van der Waals surface area (Å²) < 4.78 is 0. The molecule has 0 aliphatic heterocycles. The van der Waals surface area contributed by atoms with E-state index in [0.29, 0.717) is 11.3 Å². The zero-order valence-corrected chi connectivity index (χ0v) is 19.7. The first kappa shape index (κ1) is 22.6. The molecule has 5 heteroatoms. The zero-order chi connectivity index (χ0) is 23.4. The second-order valence-electron chi connectivity index (χ2n) is 8.09. The van der Waals surface area contributed by atoms with Crippen molar-refractivity contribution in [2.24, 2.45) is 0 Å². The van der Waals surface area contributed by atoms with Gasteiger partial charge in [-0.2, -0.15) is 0 Å². The number of hydrogen-bond acceptors (Lipinski definition) is 3. The van der Waals surface area contributed by atoms with Gasteiger partial charge in [-0.15, -0.1) is 11.8 Å². The van der Waals surface area contributed by atoms with Crippen molar-refractivity contribution in [1.29, 1.82) is 0 Å². The second kappa shape index (κ2) is 9.92. The largest absolute Gasteiger partial charge is 0.325 e. The summed E-state index contributed by atoms with van der Waals surface area (Å²) in [4.78, 5) is 26.2. The van der Waals surface area contributed by atoms with E-state index < -0.39 is 0 Å². The van der Waals surface area contributed by atoms with Crippen LogP contribution in [0.4, 0.5) is 11.4 Å². The van der Waals surface area contributed by atoms with Gasteiger partial charge in [0.1, 0.15) is 0 Å². The van der Waals surface area contributed by atoms with Crippen LogP contribution < -0.4 is 10.6 Å². The van der Waals surface area contributed by atoms with E-state index in [2.05, 4.69) is 10.6 Å². The minimum absolute atomic E-state index is 0.0445. The van der Waals surface area contributed by atoms with Crippen molar-refractivity contribution in [2.45, 2.75) is 30.9 Å². The predicted octanol–water partition coefficient (Wildman–Crippen LogP) is 6.83. The third kappa shape index (κ3) is 5.62. The number of hydrogen-bond donors (Lipinski definition) is 2. The number of anilines is 2. The van der Waals surface area contributed by atoms with Crippen molar-refractivity contribution in [3.05, 3.63) is 102 Å². The molecule has 0 aliphatic carbocycles. The molecule has 2 N–H and O–H groups in total. The Bertz CT molecular complexity index is 1320. The number of carbonyl (C=O) groups is 2. The number of benzene rings is 4. The Morgan fingerprint density at radius 3 is 2.15 bits per heavy atom. The summed E-state index contributed by atoms with van der Waals surface area (Å²) in [5.41, 5.74) is 4.48. The van der Waals surface area contributed by atoms with Gasteiger partial charge < -0.3 is 10.6 Å². The van der Waals surface area contributed by atoms with Crippen LogP contribution >= 0.6 is 11.8 Å². The lowest BCUT2D eigenvalue weighted by Crippen LogP contribution is -2.22. The zero-order valence-electron chi connectivity index (χ0n) is 18.9. The van der Waals surface area contributed by atoms with E-state index in [-0.39, 0.29) is 17.1 Å². The van der Waals surface area contributed by atoms with Crippen LogP contribution in [0.25, 0.3) is 10.8 Å². The van der Waals surface area contributed by atoms with E-state index in [1.54, 1.807) is 0 Å². The molecule has 1 atom stereocenters. The molecule has 0 saturated carbocycles. The van der Waals surface area contributed by atoms with Gasteiger partial charge in [-0.3, -0.25) is 9.59 Å². The van der Waals surface area contributed by atoms with E-state index in [9.17, 15) is 9.59 Å². The van der Waals surface area contributed by atoms with E-state index in [1.165, 1.54) is 17.3 Å². The lowest BCUT2D eigenvalue weighted by molar-refractivity contribution is -0.115. The summed E-state index contributed by atoms with van der Waals surface area (Å²) in [5.74, 6) is -0.195. The molecule has 0 heterocycles. The van der Waals surface area contributed by atoms with Gasteiger partial charge in [0.15, 0.2) is 0 Å². The first-order valence-corrected chi connectivity index (χ1v) is 11.7. The van der Waals surface area contributed by atoms with Crippen LogP contribution in [0.15, 0.2) is 89.8 Å². The molecule has 166 valence electrons. The molecule has 0 saturated heterocycles. The topological polar surface area (TPSA) is 58.2 Å². The van der Waals surface area contributed by atoms with Crippen molar-refractivity contribution < 1.29 is 9.59 Å². The van der Waals surface area contributed by atoms with E-state index in [0.717, 1.165) is 26.9 Å². The van der Waals surface area contributed by atoms with Crippen molar-refractivity contribution in [3.63, 3.8) is 0 Å². The maximum Gasteiger partial charge on any atom is 0.255 e. The molecule has 0 aliphatic rings. The molecule has 0 spiro atoms. The lowest BCUT2D eigenvalue weighted by Gasteiger charge is -2.13. The van der Waals surface area contributed by atoms with Gasteiger partial charge in [0.05, 0.1) is 5.25 Å². The van der Waals surface area contributed by atoms with Gasteiger partial charge >= 0.3 is 0 Å². The molecule has 33 heavy (non-hydrogen) atoms. The Morgan fingerprint density at radius 1 is 0.727 bits per heavy atom. The van der Waals surface area contributed by atoms with E-state index >= 15 is 0 Å². The highest BCUT2D eigenvalue weighted by Crippen LogP contribution is 2.26. The number of amides is 2. The smallest absolute Gasteiger partial charge is 0.255 e. The first-order chi connectivity index (χ1) is 15.9. The molecule has 0 bridgehead atoms. The summed E-state index contributed by atoms with van der Waals surface area (Å²) in [5, 5.41) is 7.80. The van der Waals surface area contributed by atoms with Crippen LogP contribution in [0, 0.1) is 13.8 Å².